The fraction of sp³-hybridized carbons (Fsp3) is 0.333. The third-order valence-electron chi connectivity index (χ3n) is 1.67. The lowest BCUT2D eigenvalue weighted by Crippen LogP contribution is -2.37. The Morgan fingerprint density at radius 3 is 3.00 bits per heavy atom. The Bertz CT molecular complexity index is 273. The van der Waals surface area contributed by atoms with Gasteiger partial charge >= 0.3 is 6.03 Å². The molecule has 70 valence electrons. The van der Waals surface area contributed by atoms with E-state index in [1.54, 1.807) is 25.5 Å². The maximum atomic E-state index is 11.3. The van der Waals surface area contributed by atoms with Gasteiger partial charge in [0.25, 0.3) is 0 Å². The number of carbonyl (C=O) groups excluding carboxylic acids is 1. The third kappa shape index (κ3) is 2.43. The number of nitrogens with zero attached hydrogens (tertiary/aromatic N) is 2. The minimum absolute atomic E-state index is 0.115. The summed E-state index contributed by atoms with van der Waals surface area (Å²) in [6.07, 6.45) is 3.32. The lowest BCUT2D eigenvalue weighted by atomic mass is 10.4. The molecule has 0 aliphatic carbocycles. The van der Waals surface area contributed by atoms with E-state index in [2.05, 4.69) is 10.3 Å². The fourth-order valence-corrected chi connectivity index (χ4v) is 0.939. The Hall–Kier alpha value is -1.58. The van der Waals surface area contributed by atoms with Crippen LogP contribution in [0, 0.1) is 0 Å². The molecule has 1 heterocycles. The number of aromatic nitrogens is 1. The van der Waals surface area contributed by atoms with Crippen LogP contribution in [0.2, 0.25) is 0 Å². The maximum absolute atomic E-state index is 11.3. The number of amides is 2. The number of hydrogen-bond acceptors (Lipinski definition) is 2. The van der Waals surface area contributed by atoms with Crippen molar-refractivity contribution < 1.29 is 4.79 Å². The van der Waals surface area contributed by atoms with Crippen molar-refractivity contribution in [3.05, 3.63) is 24.5 Å². The van der Waals surface area contributed by atoms with Crippen LogP contribution >= 0.6 is 0 Å². The third-order valence-corrected chi connectivity index (χ3v) is 1.67. The molecule has 0 saturated heterocycles. The molecule has 0 bridgehead atoms. The van der Waals surface area contributed by atoms with E-state index in [9.17, 15) is 4.79 Å². The van der Waals surface area contributed by atoms with Gasteiger partial charge in [-0.3, -0.25) is 9.88 Å². The molecule has 1 rings (SSSR count). The molecule has 0 spiro atoms. The summed E-state index contributed by atoms with van der Waals surface area (Å²) in [5, 5.41) is 2.70. The quantitative estimate of drug-likeness (QED) is 0.742. The predicted molar refractivity (Wildman–Crippen MR) is 51.7 cm³/mol. The number of urea groups is 1. The molecule has 1 aromatic heterocycles. The van der Waals surface area contributed by atoms with Gasteiger partial charge in [0.15, 0.2) is 0 Å². The Balaban J connectivity index is 2.68. The Kier molecular flexibility index (Phi) is 3.25. The predicted octanol–water partition coefficient (Wildman–Crippen LogP) is 1.25. The van der Waals surface area contributed by atoms with Gasteiger partial charge < -0.3 is 5.32 Å². The van der Waals surface area contributed by atoms with Crippen LogP contribution in [0.4, 0.5) is 10.5 Å². The molecule has 2 amide bonds. The summed E-state index contributed by atoms with van der Waals surface area (Å²) in [7, 11) is 1.71. The van der Waals surface area contributed by atoms with Gasteiger partial charge in [0.1, 0.15) is 0 Å². The van der Waals surface area contributed by atoms with Crippen LogP contribution in [0.5, 0.6) is 0 Å². The topological polar surface area (TPSA) is 45.2 Å². The summed E-state index contributed by atoms with van der Waals surface area (Å²) < 4.78 is 0. The number of rotatable bonds is 2. The maximum Gasteiger partial charge on any atom is 0.321 e. The number of pyridine rings is 1. The molecule has 0 saturated carbocycles. The molecule has 0 aromatic carbocycles. The van der Waals surface area contributed by atoms with E-state index < -0.39 is 0 Å². The average molecular weight is 179 g/mol. The SMILES string of the molecule is CCNC(=O)N(C)c1cccnc1. The highest BCUT2D eigenvalue weighted by Gasteiger charge is 2.07. The van der Waals surface area contributed by atoms with Gasteiger partial charge in [0, 0.05) is 19.8 Å². The van der Waals surface area contributed by atoms with E-state index in [4.69, 9.17) is 0 Å². The number of nitrogens with one attached hydrogen (secondary N) is 1. The summed E-state index contributed by atoms with van der Waals surface area (Å²) in [4.78, 5) is 16.8. The van der Waals surface area contributed by atoms with E-state index >= 15 is 0 Å². The summed E-state index contributed by atoms with van der Waals surface area (Å²) in [5.41, 5.74) is 0.786. The zero-order valence-corrected chi connectivity index (χ0v) is 7.82. The van der Waals surface area contributed by atoms with Crippen molar-refractivity contribution in [2.45, 2.75) is 6.92 Å². The average Bonchev–Trinajstić information content (AvgIpc) is 2.18. The molecule has 0 atom stereocenters. The molecule has 0 aliphatic rings. The van der Waals surface area contributed by atoms with Crippen LogP contribution in [-0.4, -0.2) is 24.6 Å². The van der Waals surface area contributed by atoms with Gasteiger partial charge in [0.05, 0.1) is 11.9 Å². The Morgan fingerprint density at radius 1 is 1.69 bits per heavy atom. The molecule has 1 aromatic rings. The monoisotopic (exact) mass is 179 g/mol. The van der Waals surface area contributed by atoms with Crippen molar-refractivity contribution in [2.75, 3.05) is 18.5 Å². The highest BCUT2D eigenvalue weighted by Crippen LogP contribution is 2.08. The van der Waals surface area contributed by atoms with Crippen molar-refractivity contribution >= 4 is 11.7 Å². The minimum Gasteiger partial charge on any atom is -0.338 e. The molecule has 13 heavy (non-hydrogen) atoms. The van der Waals surface area contributed by atoms with Crippen LogP contribution < -0.4 is 10.2 Å². The first-order valence-corrected chi connectivity index (χ1v) is 4.17. The first-order chi connectivity index (χ1) is 6.25. The second kappa shape index (κ2) is 4.45. The Labute approximate surface area is 77.6 Å². The molecule has 1 N–H and O–H groups in total. The lowest BCUT2D eigenvalue weighted by Gasteiger charge is -2.16. The van der Waals surface area contributed by atoms with Crippen LogP contribution in [0.25, 0.3) is 0 Å². The summed E-state index contributed by atoms with van der Waals surface area (Å²) in [6.45, 7) is 2.51. The van der Waals surface area contributed by atoms with Gasteiger partial charge in [-0.05, 0) is 19.1 Å². The molecule has 0 unspecified atom stereocenters. The van der Waals surface area contributed by atoms with Gasteiger partial charge in [-0.25, -0.2) is 4.79 Å². The van der Waals surface area contributed by atoms with Crippen molar-refractivity contribution in [3.63, 3.8) is 0 Å². The molecular weight excluding hydrogens is 166 g/mol. The first-order valence-electron chi connectivity index (χ1n) is 4.17. The molecule has 4 heteroatoms. The number of carbonyl (C=O) groups is 1. The van der Waals surface area contributed by atoms with Gasteiger partial charge in [-0.1, -0.05) is 0 Å². The van der Waals surface area contributed by atoms with Gasteiger partial charge in [-0.15, -0.1) is 0 Å². The normalized spacial score (nSPS) is 9.38. The van der Waals surface area contributed by atoms with Gasteiger partial charge in [-0.2, -0.15) is 0 Å². The van der Waals surface area contributed by atoms with E-state index in [0.29, 0.717) is 6.54 Å². The van der Waals surface area contributed by atoms with Crippen molar-refractivity contribution in [2.24, 2.45) is 0 Å². The smallest absolute Gasteiger partial charge is 0.321 e. The lowest BCUT2D eigenvalue weighted by molar-refractivity contribution is 0.248. The zero-order valence-electron chi connectivity index (χ0n) is 7.82. The van der Waals surface area contributed by atoms with E-state index in [-0.39, 0.29) is 6.03 Å². The van der Waals surface area contributed by atoms with Crippen LogP contribution in [0.15, 0.2) is 24.5 Å². The molecule has 0 fully saturated rings. The van der Waals surface area contributed by atoms with Crippen molar-refractivity contribution in [1.29, 1.82) is 0 Å². The minimum atomic E-state index is -0.115. The first kappa shape index (κ1) is 9.51. The van der Waals surface area contributed by atoms with Crippen molar-refractivity contribution in [1.82, 2.24) is 10.3 Å². The summed E-state index contributed by atoms with van der Waals surface area (Å²) in [6, 6.07) is 3.52. The standard InChI is InChI=1S/C9H13N3O/c1-3-11-9(13)12(2)8-5-4-6-10-7-8/h4-7H,3H2,1-2H3,(H,11,13). The molecule has 4 nitrogen and oxygen atoms in total. The highest BCUT2D eigenvalue weighted by molar-refractivity contribution is 5.91. The number of hydrogen-bond donors (Lipinski definition) is 1. The summed E-state index contributed by atoms with van der Waals surface area (Å²) >= 11 is 0. The summed E-state index contributed by atoms with van der Waals surface area (Å²) in [5.74, 6) is 0. The highest BCUT2D eigenvalue weighted by atomic mass is 16.2. The molecular formula is C9H13N3O. The largest absolute Gasteiger partial charge is 0.338 e. The van der Waals surface area contributed by atoms with Crippen LogP contribution in [0.3, 0.4) is 0 Å². The second-order valence-corrected chi connectivity index (χ2v) is 2.61. The van der Waals surface area contributed by atoms with E-state index in [1.807, 2.05) is 13.0 Å². The Morgan fingerprint density at radius 2 is 2.46 bits per heavy atom. The fourth-order valence-electron chi connectivity index (χ4n) is 0.939. The number of anilines is 1. The zero-order chi connectivity index (χ0) is 9.68. The van der Waals surface area contributed by atoms with E-state index in [1.165, 1.54) is 4.90 Å². The van der Waals surface area contributed by atoms with Crippen molar-refractivity contribution in [3.8, 4) is 0 Å². The van der Waals surface area contributed by atoms with Crippen LogP contribution in [-0.2, 0) is 0 Å². The van der Waals surface area contributed by atoms with Crippen LogP contribution in [0.1, 0.15) is 6.92 Å². The molecule has 0 aliphatic heterocycles. The van der Waals surface area contributed by atoms with Gasteiger partial charge in [0.2, 0.25) is 0 Å². The second-order valence-electron chi connectivity index (χ2n) is 2.61. The van der Waals surface area contributed by atoms with E-state index in [0.717, 1.165) is 5.69 Å². The molecule has 0 radical (unpaired) electrons.